The van der Waals surface area contributed by atoms with Gasteiger partial charge in [-0.2, -0.15) is 4.98 Å². The van der Waals surface area contributed by atoms with E-state index in [0.29, 0.717) is 5.39 Å². The van der Waals surface area contributed by atoms with Crippen molar-refractivity contribution in [3.05, 3.63) is 22.6 Å². The largest absolute Gasteiger partial charge is 0.394 e. The van der Waals surface area contributed by atoms with Crippen LogP contribution in [0.25, 0.3) is 11.0 Å². The molecule has 102 valence electrons. The monoisotopic (exact) mass is 268 g/mol. The van der Waals surface area contributed by atoms with Crippen molar-refractivity contribution in [1.29, 1.82) is 0 Å². The van der Waals surface area contributed by atoms with Gasteiger partial charge in [0, 0.05) is 12.6 Å². The lowest BCUT2D eigenvalue weighted by atomic mass is 10.2. The molecule has 3 atom stereocenters. The van der Waals surface area contributed by atoms with Crippen LogP contribution in [0.4, 0.5) is 10.3 Å². The van der Waals surface area contributed by atoms with Crippen molar-refractivity contribution in [3.63, 3.8) is 0 Å². The van der Waals surface area contributed by atoms with Gasteiger partial charge in [-0.3, -0.25) is 9.78 Å². The van der Waals surface area contributed by atoms with E-state index in [4.69, 9.17) is 15.6 Å². The lowest BCUT2D eigenvalue weighted by Crippen LogP contribution is -2.18. The minimum atomic E-state index is -1.27. The van der Waals surface area contributed by atoms with Gasteiger partial charge in [0.25, 0.3) is 5.56 Å². The number of halogens is 1. The highest BCUT2D eigenvalue weighted by Crippen LogP contribution is 2.33. The molecule has 1 saturated heterocycles. The molecule has 4 N–H and O–H groups in total. The van der Waals surface area contributed by atoms with Crippen molar-refractivity contribution in [1.82, 2.24) is 14.5 Å². The molecule has 3 heterocycles. The summed E-state index contributed by atoms with van der Waals surface area (Å²) in [4.78, 5) is 18.0. The summed E-state index contributed by atoms with van der Waals surface area (Å²) >= 11 is 0. The Morgan fingerprint density at radius 2 is 2.47 bits per heavy atom. The number of H-pyrrole nitrogens is 1. The zero-order valence-electron chi connectivity index (χ0n) is 9.91. The Labute approximate surface area is 106 Å². The molecular formula is C11H13FN4O3. The molecule has 0 aromatic carbocycles. The van der Waals surface area contributed by atoms with Gasteiger partial charge in [-0.05, 0) is 6.07 Å². The third-order valence-corrected chi connectivity index (χ3v) is 3.21. The first-order valence-electron chi connectivity index (χ1n) is 5.87. The lowest BCUT2D eigenvalue weighted by molar-refractivity contribution is -0.0348. The van der Waals surface area contributed by atoms with E-state index in [1.54, 1.807) is 0 Å². The van der Waals surface area contributed by atoms with Crippen LogP contribution in [0.3, 0.4) is 0 Å². The Morgan fingerprint density at radius 1 is 1.68 bits per heavy atom. The van der Waals surface area contributed by atoms with E-state index in [1.165, 1.54) is 16.8 Å². The summed E-state index contributed by atoms with van der Waals surface area (Å²) in [5, 5.41) is 9.33. The summed E-state index contributed by atoms with van der Waals surface area (Å²) < 4.78 is 20.7. The number of aromatic amines is 1. The zero-order chi connectivity index (χ0) is 13.6. The van der Waals surface area contributed by atoms with Gasteiger partial charge >= 0.3 is 0 Å². The van der Waals surface area contributed by atoms with Crippen molar-refractivity contribution < 1.29 is 14.2 Å². The summed E-state index contributed by atoms with van der Waals surface area (Å²) in [7, 11) is 0. The molecule has 0 radical (unpaired) electrons. The molecule has 0 bridgehead atoms. The molecule has 7 nitrogen and oxygen atoms in total. The summed E-state index contributed by atoms with van der Waals surface area (Å²) in [6, 6.07) is 1.53. The first kappa shape index (κ1) is 12.1. The maximum Gasteiger partial charge on any atom is 0.261 e. The normalized spacial score (nSPS) is 27.2. The number of fused-ring (bicyclic) bond motifs is 1. The van der Waals surface area contributed by atoms with Crippen LogP contribution >= 0.6 is 0 Å². The van der Waals surface area contributed by atoms with Crippen LogP contribution < -0.4 is 11.3 Å². The molecule has 1 fully saturated rings. The van der Waals surface area contributed by atoms with Gasteiger partial charge in [0.1, 0.15) is 6.17 Å². The fourth-order valence-corrected chi connectivity index (χ4v) is 2.33. The molecule has 0 unspecified atom stereocenters. The third kappa shape index (κ3) is 1.89. The number of aromatic nitrogens is 3. The maximum atomic E-state index is 13.9. The highest BCUT2D eigenvalue weighted by Gasteiger charge is 2.37. The van der Waals surface area contributed by atoms with Crippen LogP contribution in [0.1, 0.15) is 12.6 Å². The predicted octanol–water partition coefficient (Wildman–Crippen LogP) is -0.0753. The molecule has 3 rings (SSSR count). The fraction of sp³-hybridized carbons (Fsp3) is 0.455. The first-order chi connectivity index (χ1) is 9.10. The highest BCUT2D eigenvalue weighted by molar-refractivity contribution is 5.76. The maximum absolute atomic E-state index is 13.9. The number of anilines is 1. The highest BCUT2D eigenvalue weighted by atomic mass is 19.1. The van der Waals surface area contributed by atoms with E-state index in [2.05, 4.69) is 9.97 Å². The van der Waals surface area contributed by atoms with E-state index in [0.717, 1.165) is 0 Å². The summed E-state index contributed by atoms with van der Waals surface area (Å²) in [5.41, 5.74) is 5.37. The van der Waals surface area contributed by atoms with Crippen LogP contribution in [0.5, 0.6) is 0 Å². The van der Waals surface area contributed by atoms with E-state index in [-0.39, 0.29) is 30.2 Å². The number of aliphatic hydroxyl groups is 1. The van der Waals surface area contributed by atoms with Gasteiger partial charge in [0.15, 0.2) is 11.9 Å². The lowest BCUT2D eigenvalue weighted by Gasteiger charge is -2.16. The number of alkyl halides is 1. The van der Waals surface area contributed by atoms with Crippen LogP contribution in [0.2, 0.25) is 0 Å². The van der Waals surface area contributed by atoms with Crippen molar-refractivity contribution in [2.45, 2.75) is 24.9 Å². The van der Waals surface area contributed by atoms with Gasteiger partial charge in [0.05, 0.1) is 18.1 Å². The molecular weight excluding hydrogens is 255 g/mol. The minimum Gasteiger partial charge on any atom is -0.394 e. The van der Waals surface area contributed by atoms with Crippen LogP contribution in [0, 0.1) is 0 Å². The van der Waals surface area contributed by atoms with Crippen molar-refractivity contribution in [2.75, 3.05) is 12.3 Å². The van der Waals surface area contributed by atoms with Gasteiger partial charge in [-0.15, -0.1) is 0 Å². The third-order valence-electron chi connectivity index (χ3n) is 3.21. The van der Waals surface area contributed by atoms with E-state index in [9.17, 15) is 9.18 Å². The molecule has 0 amide bonds. The summed E-state index contributed by atoms with van der Waals surface area (Å²) in [6.07, 6.45) is -1.07. The Kier molecular flexibility index (Phi) is 2.76. The molecule has 2 aromatic heterocycles. The number of hydrogen-bond donors (Lipinski definition) is 3. The quantitative estimate of drug-likeness (QED) is 0.706. The van der Waals surface area contributed by atoms with Crippen molar-refractivity contribution in [3.8, 4) is 0 Å². The Morgan fingerprint density at radius 3 is 3.16 bits per heavy atom. The van der Waals surface area contributed by atoms with Gasteiger partial charge in [-0.1, -0.05) is 0 Å². The Bertz CT molecular complexity index is 667. The predicted molar refractivity (Wildman–Crippen MR) is 65.3 cm³/mol. The molecule has 8 heteroatoms. The van der Waals surface area contributed by atoms with Crippen LogP contribution in [-0.2, 0) is 4.74 Å². The number of nitrogens with one attached hydrogen (secondary N) is 1. The molecule has 0 aliphatic carbocycles. The molecule has 0 spiro atoms. The number of nitrogens with two attached hydrogens (primary N) is 1. The Hall–Kier alpha value is -1.93. The second-order valence-corrected chi connectivity index (χ2v) is 4.49. The number of hydrogen-bond acceptors (Lipinski definition) is 5. The van der Waals surface area contributed by atoms with Gasteiger partial charge in [-0.25, -0.2) is 4.39 Å². The van der Waals surface area contributed by atoms with E-state index >= 15 is 0 Å². The molecule has 2 aromatic rings. The molecule has 1 aliphatic heterocycles. The summed E-state index contributed by atoms with van der Waals surface area (Å²) in [6.45, 7) is -0.244. The number of rotatable bonds is 2. The fourth-order valence-electron chi connectivity index (χ4n) is 2.33. The zero-order valence-corrected chi connectivity index (χ0v) is 9.91. The van der Waals surface area contributed by atoms with E-state index < -0.39 is 18.5 Å². The molecule has 19 heavy (non-hydrogen) atoms. The van der Waals surface area contributed by atoms with Crippen LogP contribution in [-0.4, -0.2) is 38.5 Å². The molecule has 1 aliphatic rings. The van der Waals surface area contributed by atoms with Crippen LogP contribution in [0.15, 0.2) is 17.1 Å². The number of nitrogens with zero attached hydrogens (tertiary/aromatic N) is 2. The minimum absolute atomic E-state index is 0.0374. The second-order valence-electron chi connectivity index (χ2n) is 4.49. The average Bonchev–Trinajstić information content (AvgIpc) is 2.92. The smallest absolute Gasteiger partial charge is 0.261 e. The number of nitrogen functional groups attached to an aromatic ring is 1. The topological polar surface area (TPSA) is 106 Å². The van der Waals surface area contributed by atoms with Crippen molar-refractivity contribution >= 4 is 17.0 Å². The van der Waals surface area contributed by atoms with Gasteiger partial charge < -0.3 is 20.1 Å². The molecule has 0 saturated carbocycles. The van der Waals surface area contributed by atoms with E-state index in [1.807, 2.05) is 0 Å². The number of ether oxygens (including phenoxy) is 1. The van der Waals surface area contributed by atoms with Crippen molar-refractivity contribution in [2.24, 2.45) is 0 Å². The Balaban J connectivity index is 2.09. The standard InChI is InChI=1S/C11H13FN4O3/c12-7-3-5(4-17)19-10(7)16-2-1-6-8(16)14-11(13)15-9(6)18/h1-2,5,7,10,17H,3-4H2,(H3,13,14,15,18)/t5-,7-,10+/m0/s1. The first-order valence-corrected chi connectivity index (χ1v) is 5.87. The SMILES string of the molecule is Nc1nc2c(ccn2[C@@H]2O[C@H](CO)C[C@@H]2F)c(=O)[nH]1. The average molecular weight is 268 g/mol. The summed E-state index contributed by atoms with van der Waals surface area (Å²) in [5.74, 6) is -0.0374. The second kappa shape index (κ2) is 4.32. The number of aliphatic hydroxyl groups excluding tert-OH is 1. The van der Waals surface area contributed by atoms with Gasteiger partial charge in [0.2, 0.25) is 5.95 Å².